The maximum Gasteiger partial charge on any atom is 0.132 e. The molecule has 1 aromatic heterocycles. The van der Waals surface area contributed by atoms with Crippen LogP contribution in [0.15, 0.2) is 6.07 Å². The molecular weight excluding hydrogens is 178 g/mol. The number of aliphatic hydroxyl groups is 1. The Morgan fingerprint density at radius 2 is 2.21 bits per heavy atom. The molecule has 0 radical (unpaired) electrons. The van der Waals surface area contributed by atoms with Crippen molar-refractivity contribution in [3.8, 4) is 0 Å². The Morgan fingerprint density at radius 1 is 1.43 bits per heavy atom. The molecule has 0 aliphatic carbocycles. The van der Waals surface area contributed by atoms with Crippen molar-refractivity contribution >= 4 is 5.82 Å². The molecule has 1 aliphatic rings. The number of aliphatic hydroxyl groups excluding tert-OH is 1. The molecule has 4 nitrogen and oxygen atoms in total. The molecule has 1 aromatic rings. The summed E-state index contributed by atoms with van der Waals surface area (Å²) in [7, 11) is 0. The van der Waals surface area contributed by atoms with Gasteiger partial charge in [0.15, 0.2) is 0 Å². The van der Waals surface area contributed by atoms with Crippen molar-refractivity contribution in [1.29, 1.82) is 0 Å². The zero-order chi connectivity index (χ0) is 10.1. The van der Waals surface area contributed by atoms with Crippen molar-refractivity contribution in [3.05, 3.63) is 17.6 Å². The van der Waals surface area contributed by atoms with E-state index in [2.05, 4.69) is 14.9 Å². The van der Waals surface area contributed by atoms with E-state index in [1.165, 1.54) is 0 Å². The van der Waals surface area contributed by atoms with Gasteiger partial charge in [0.1, 0.15) is 11.6 Å². The van der Waals surface area contributed by atoms with Crippen LogP contribution in [-0.4, -0.2) is 34.3 Å². The molecule has 0 bridgehead atoms. The Kier molecular flexibility index (Phi) is 2.37. The number of rotatable bonds is 1. The number of nitrogens with zero attached hydrogens (tertiary/aromatic N) is 3. The average molecular weight is 193 g/mol. The first-order valence-electron chi connectivity index (χ1n) is 4.90. The van der Waals surface area contributed by atoms with Crippen LogP contribution in [-0.2, 0) is 0 Å². The summed E-state index contributed by atoms with van der Waals surface area (Å²) >= 11 is 0. The first-order chi connectivity index (χ1) is 6.65. The van der Waals surface area contributed by atoms with E-state index in [-0.39, 0.29) is 6.10 Å². The average Bonchev–Trinajstić information content (AvgIpc) is 2.50. The van der Waals surface area contributed by atoms with Crippen molar-refractivity contribution < 1.29 is 5.11 Å². The molecule has 2 rings (SSSR count). The molecule has 1 saturated heterocycles. The Balaban J connectivity index is 2.23. The lowest BCUT2D eigenvalue weighted by atomic mass is 10.3. The van der Waals surface area contributed by atoms with Gasteiger partial charge in [0.2, 0.25) is 0 Å². The molecule has 1 fully saturated rings. The summed E-state index contributed by atoms with van der Waals surface area (Å²) in [6, 6.07) is 1.96. The first-order valence-corrected chi connectivity index (χ1v) is 4.90. The third kappa shape index (κ3) is 1.85. The largest absolute Gasteiger partial charge is 0.391 e. The normalized spacial score (nSPS) is 21.6. The van der Waals surface area contributed by atoms with Crippen molar-refractivity contribution in [1.82, 2.24) is 9.97 Å². The van der Waals surface area contributed by atoms with E-state index < -0.39 is 0 Å². The van der Waals surface area contributed by atoms with E-state index in [9.17, 15) is 5.11 Å². The fourth-order valence-electron chi connectivity index (χ4n) is 1.81. The smallest absolute Gasteiger partial charge is 0.132 e. The molecule has 1 aliphatic heterocycles. The summed E-state index contributed by atoms with van der Waals surface area (Å²) < 4.78 is 0. The molecule has 14 heavy (non-hydrogen) atoms. The second kappa shape index (κ2) is 3.53. The van der Waals surface area contributed by atoms with Gasteiger partial charge in [0.25, 0.3) is 0 Å². The quantitative estimate of drug-likeness (QED) is 0.712. The van der Waals surface area contributed by atoms with Crippen LogP contribution in [0.2, 0.25) is 0 Å². The van der Waals surface area contributed by atoms with E-state index in [0.717, 1.165) is 30.3 Å². The maximum atomic E-state index is 9.41. The van der Waals surface area contributed by atoms with Crippen LogP contribution in [0.25, 0.3) is 0 Å². The van der Waals surface area contributed by atoms with Gasteiger partial charge in [-0.2, -0.15) is 0 Å². The number of hydrogen-bond donors (Lipinski definition) is 1. The van der Waals surface area contributed by atoms with Crippen LogP contribution < -0.4 is 4.90 Å². The molecule has 0 spiro atoms. The Morgan fingerprint density at radius 3 is 2.79 bits per heavy atom. The van der Waals surface area contributed by atoms with E-state index in [1.807, 2.05) is 19.9 Å². The molecule has 0 amide bonds. The van der Waals surface area contributed by atoms with Gasteiger partial charge in [-0.25, -0.2) is 9.97 Å². The lowest BCUT2D eigenvalue weighted by molar-refractivity contribution is 0.198. The Bertz CT molecular complexity index is 320. The van der Waals surface area contributed by atoms with Gasteiger partial charge in [-0.05, 0) is 20.3 Å². The monoisotopic (exact) mass is 193 g/mol. The van der Waals surface area contributed by atoms with Gasteiger partial charge >= 0.3 is 0 Å². The minimum absolute atomic E-state index is 0.203. The topological polar surface area (TPSA) is 49.2 Å². The van der Waals surface area contributed by atoms with Crippen molar-refractivity contribution in [2.75, 3.05) is 18.0 Å². The number of hydrogen-bond acceptors (Lipinski definition) is 4. The summed E-state index contributed by atoms with van der Waals surface area (Å²) in [4.78, 5) is 10.7. The lowest BCUT2D eigenvalue weighted by Gasteiger charge is -2.16. The van der Waals surface area contributed by atoms with Crippen LogP contribution in [0.4, 0.5) is 5.82 Å². The van der Waals surface area contributed by atoms with Gasteiger partial charge in [-0.15, -0.1) is 0 Å². The molecule has 1 unspecified atom stereocenters. The Hall–Kier alpha value is -1.16. The highest BCUT2D eigenvalue weighted by atomic mass is 16.3. The van der Waals surface area contributed by atoms with Gasteiger partial charge in [0.05, 0.1) is 6.10 Å². The predicted octanol–water partition coefficient (Wildman–Crippen LogP) is 0.664. The molecular formula is C10H15N3O. The predicted molar refractivity (Wildman–Crippen MR) is 54.3 cm³/mol. The van der Waals surface area contributed by atoms with Gasteiger partial charge < -0.3 is 10.0 Å². The number of aromatic nitrogens is 2. The highest BCUT2D eigenvalue weighted by Gasteiger charge is 2.21. The van der Waals surface area contributed by atoms with Gasteiger partial charge in [-0.1, -0.05) is 0 Å². The number of aryl methyl sites for hydroxylation is 2. The lowest BCUT2D eigenvalue weighted by Crippen LogP contribution is -2.22. The second-order valence-corrected chi connectivity index (χ2v) is 3.80. The number of anilines is 1. The minimum Gasteiger partial charge on any atom is -0.391 e. The van der Waals surface area contributed by atoms with E-state index in [0.29, 0.717) is 6.54 Å². The zero-order valence-corrected chi connectivity index (χ0v) is 8.56. The van der Waals surface area contributed by atoms with Crippen LogP contribution in [0.5, 0.6) is 0 Å². The van der Waals surface area contributed by atoms with Crippen LogP contribution in [0.3, 0.4) is 0 Å². The zero-order valence-electron chi connectivity index (χ0n) is 8.56. The summed E-state index contributed by atoms with van der Waals surface area (Å²) in [6.45, 7) is 5.43. The maximum absolute atomic E-state index is 9.41. The summed E-state index contributed by atoms with van der Waals surface area (Å²) in [5, 5.41) is 9.41. The highest BCUT2D eigenvalue weighted by Crippen LogP contribution is 2.18. The fourth-order valence-corrected chi connectivity index (χ4v) is 1.81. The van der Waals surface area contributed by atoms with Gasteiger partial charge in [-0.3, -0.25) is 0 Å². The number of β-amino-alcohol motifs (C(OH)–C–C–N with tert-alkyl or cyclic N) is 1. The molecule has 0 saturated carbocycles. The van der Waals surface area contributed by atoms with E-state index in [1.54, 1.807) is 0 Å². The third-order valence-electron chi connectivity index (χ3n) is 2.44. The molecule has 2 heterocycles. The molecule has 0 aromatic carbocycles. The van der Waals surface area contributed by atoms with Crippen molar-refractivity contribution in [2.45, 2.75) is 26.4 Å². The molecule has 1 atom stereocenters. The molecule has 1 N–H and O–H groups in total. The fraction of sp³-hybridized carbons (Fsp3) is 0.600. The molecule has 76 valence electrons. The standard InChI is InChI=1S/C10H15N3O/c1-7-5-10(12-8(2)11-7)13-4-3-9(14)6-13/h5,9,14H,3-4,6H2,1-2H3. The van der Waals surface area contributed by atoms with Crippen molar-refractivity contribution in [2.24, 2.45) is 0 Å². The minimum atomic E-state index is -0.203. The van der Waals surface area contributed by atoms with Crippen molar-refractivity contribution in [3.63, 3.8) is 0 Å². The first kappa shape index (κ1) is 9.40. The highest BCUT2D eigenvalue weighted by molar-refractivity contribution is 5.40. The van der Waals surface area contributed by atoms with Crippen LogP contribution in [0.1, 0.15) is 17.9 Å². The third-order valence-corrected chi connectivity index (χ3v) is 2.44. The summed E-state index contributed by atoms with van der Waals surface area (Å²) in [6.07, 6.45) is 0.632. The molecule has 4 heteroatoms. The van der Waals surface area contributed by atoms with Crippen LogP contribution >= 0.6 is 0 Å². The van der Waals surface area contributed by atoms with E-state index in [4.69, 9.17) is 0 Å². The Labute approximate surface area is 83.6 Å². The summed E-state index contributed by atoms with van der Waals surface area (Å²) in [5.74, 6) is 1.73. The van der Waals surface area contributed by atoms with E-state index >= 15 is 0 Å². The summed E-state index contributed by atoms with van der Waals surface area (Å²) in [5.41, 5.74) is 0.980. The van der Waals surface area contributed by atoms with Gasteiger partial charge in [0, 0.05) is 24.8 Å². The van der Waals surface area contributed by atoms with Crippen LogP contribution in [0, 0.1) is 13.8 Å². The second-order valence-electron chi connectivity index (χ2n) is 3.80. The SMILES string of the molecule is Cc1cc(N2CCC(O)C2)nc(C)n1.